The lowest BCUT2D eigenvalue weighted by atomic mass is 9.92. The van der Waals surface area contributed by atoms with Crippen LogP contribution in [-0.4, -0.2) is 18.2 Å². The molecule has 1 aromatic rings. The van der Waals surface area contributed by atoms with Gasteiger partial charge in [-0.15, -0.1) is 0 Å². The Morgan fingerprint density at radius 2 is 2.12 bits per heavy atom. The summed E-state index contributed by atoms with van der Waals surface area (Å²) in [6.45, 7) is 7.04. The Hall–Kier alpha value is -0.930. The normalized spacial score (nSPS) is 14.8. The number of aliphatic hydroxyl groups is 1. The lowest BCUT2D eigenvalue weighted by Gasteiger charge is -2.24. The van der Waals surface area contributed by atoms with Gasteiger partial charge in [-0.1, -0.05) is 19.1 Å². The molecule has 0 aliphatic rings. The molecule has 0 amide bonds. The molecule has 0 aromatic heterocycles. The van der Waals surface area contributed by atoms with E-state index in [1.165, 1.54) is 6.07 Å². The van der Waals surface area contributed by atoms with Crippen molar-refractivity contribution >= 4 is 0 Å². The van der Waals surface area contributed by atoms with E-state index in [2.05, 4.69) is 5.32 Å². The molecule has 3 heteroatoms. The van der Waals surface area contributed by atoms with Crippen molar-refractivity contribution in [3.8, 4) is 0 Å². The molecule has 0 spiro atoms. The third-order valence-electron chi connectivity index (χ3n) is 2.83. The first-order valence-electron chi connectivity index (χ1n) is 5.67. The van der Waals surface area contributed by atoms with Crippen LogP contribution in [-0.2, 0) is 5.60 Å². The first-order valence-corrected chi connectivity index (χ1v) is 5.67. The highest BCUT2D eigenvalue weighted by Crippen LogP contribution is 2.25. The van der Waals surface area contributed by atoms with Crippen LogP contribution >= 0.6 is 0 Å². The summed E-state index contributed by atoms with van der Waals surface area (Å²) >= 11 is 0. The van der Waals surface area contributed by atoms with Crippen LogP contribution in [0.15, 0.2) is 18.2 Å². The fraction of sp³-hybridized carbons (Fsp3) is 0.538. The lowest BCUT2D eigenvalue weighted by molar-refractivity contribution is 0.0478. The topological polar surface area (TPSA) is 32.3 Å². The van der Waals surface area contributed by atoms with Gasteiger partial charge in [-0.05, 0) is 50.6 Å². The van der Waals surface area contributed by atoms with Crippen LogP contribution in [0.5, 0.6) is 0 Å². The monoisotopic (exact) mass is 225 g/mol. The predicted molar refractivity (Wildman–Crippen MR) is 63.9 cm³/mol. The van der Waals surface area contributed by atoms with Gasteiger partial charge in [0.2, 0.25) is 0 Å². The van der Waals surface area contributed by atoms with Gasteiger partial charge in [0.05, 0.1) is 5.60 Å². The average molecular weight is 225 g/mol. The van der Waals surface area contributed by atoms with Crippen LogP contribution < -0.4 is 5.32 Å². The Morgan fingerprint density at radius 1 is 1.44 bits per heavy atom. The van der Waals surface area contributed by atoms with E-state index in [1.807, 2.05) is 6.92 Å². The van der Waals surface area contributed by atoms with Crippen molar-refractivity contribution in [2.24, 2.45) is 0 Å². The van der Waals surface area contributed by atoms with Gasteiger partial charge in [-0.3, -0.25) is 0 Å². The lowest BCUT2D eigenvalue weighted by Crippen LogP contribution is -2.27. The number of rotatable bonds is 5. The highest BCUT2D eigenvalue weighted by molar-refractivity contribution is 5.27. The van der Waals surface area contributed by atoms with E-state index < -0.39 is 5.60 Å². The summed E-state index contributed by atoms with van der Waals surface area (Å²) in [6, 6.07) is 4.90. The molecule has 0 aliphatic carbocycles. The second kappa shape index (κ2) is 5.41. The van der Waals surface area contributed by atoms with Crippen molar-refractivity contribution in [1.29, 1.82) is 0 Å². The Balaban J connectivity index is 2.76. The van der Waals surface area contributed by atoms with Gasteiger partial charge in [0.25, 0.3) is 0 Å². The molecule has 2 nitrogen and oxygen atoms in total. The smallest absolute Gasteiger partial charge is 0.126 e. The molecule has 0 saturated heterocycles. The predicted octanol–water partition coefficient (Wildman–Crippen LogP) is 2.34. The van der Waals surface area contributed by atoms with E-state index >= 15 is 0 Å². The summed E-state index contributed by atoms with van der Waals surface area (Å²) in [6.07, 6.45) is 0.573. The Bertz CT molecular complexity index is 350. The molecule has 1 aromatic carbocycles. The summed E-state index contributed by atoms with van der Waals surface area (Å²) in [4.78, 5) is 0. The molecule has 16 heavy (non-hydrogen) atoms. The van der Waals surface area contributed by atoms with Crippen LogP contribution in [0.4, 0.5) is 4.39 Å². The highest BCUT2D eigenvalue weighted by atomic mass is 19.1. The molecule has 0 aliphatic heterocycles. The van der Waals surface area contributed by atoms with Gasteiger partial charge >= 0.3 is 0 Å². The summed E-state index contributed by atoms with van der Waals surface area (Å²) in [5.74, 6) is -0.263. The largest absolute Gasteiger partial charge is 0.385 e. The first-order chi connectivity index (χ1) is 7.47. The Kier molecular flexibility index (Phi) is 4.44. The third kappa shape index (κ3) is 3.29. The molecule has 0 fully saturated rings. The summed E-state index contributed by atoms with van der Waals surface area (Å²) in [5, 5.41) is 13.4. The van der Waals surface area contributed by atoms with Crippen molar-refractivity contribution in [3.63, 3.8) is 0 Å². The van der Waals surface area contributed by atoms with Crippen molar-refractivity contribution in [1.82, 2.24) is 5.32 Å². The molecule has 90 valence electrons. The summed E-state index contributed by atoms with van der Waals surface area (Å²) < 4.78 is 13.4. The van der Waals surface area contributed by atoms with Gasteiger partial charge in [0.15, 0.2) is 0 Å². The van der Waals surface area contributed by atoms with Crippen LogP contribution in [0.1, 0.15) is 31.4 Å². The van der Waals surface area contributed by atoms with E-state index in [0.29, 0.717) is 17.5 Å². The van der Waals surface area contributed by atoms with Crippen molar-refractivity contribution < 1.29 is 9.50 Å². The van der Waals surface area contributed by atoms with E-state index in [-0.39, 0.29) is 5.82 Å². The van der Waals surface area contributed by atoms with E-state index in [1.54, 1.807) is 26.0 Å². The second-order valence-electron chi connectivity index (χ2n) is 4.34. The fourth-order valence-corrected chi connectivity index (χ4v) is 1.58. The number of benzene rings is 1. The molecular weight excluding hydrogens is 205 g/mol. The zero-order valence-corrected chi connectivity index (χ0v) is 10.2. The summed E-state index contributed by atoms with van der Waals surface area (Å²) in [7, 11) is 0. The molecular formula is C13H20FNO. The Labute approximate surface area is 96.5 Å². The van der Waals surface area contributed by atoms with E-state index in [4.69, 9.17) is 0 Å². The molecule has 0 radical (unpaired) electrons. The van der Waals surface area contributed by atoms with Gasteiger partial charge < -0.3 is 10.4 Å². The molecule has 1 rings (SSSR count). The molecule has 1 unspecified atom stereocenters. The zero-order chi connectivity index (χ0) is 12.2. The number of hydrogen-bond donors (Lipinski definition) is 2. The van der Waals surface area contributed by atoms with Crippen LogP contribution in [0, 0.1) is 12.7 Å². The minimum absolute atomic E-state index is 0.263. The van der Waals surface area contributed by atoms with Gasteiger partial charge in [-0.25, -0.2) is 4.39 Å². The number of aryl methyl sites for hydroxylation is 1. The maximum Gasteiger partial charge on any atom is 0.126 e. The van der Waals surface area contributed by atoms with Crippen LogP contribution in [0.3, 0.4) is 0 Å². The maximum absolute atomic E-state index is 13.4. The molecule has 0 bridgehead atoms. The van der Waals surface area contributed by atoms with E-state index in [9.17, 15) is 9.50 Å². The average Bonchev–Trinajstić information content (AvgIpc) is 2.22. The van der Waals surface area contributed by atoms with Crippen molar-refractivity contribution in [2.45, 2.75) is 32.8 Å². The zero-order valence-electron chi connectivity index (χ0n) is 10.2. The SMILES string of the molecule is CCNCCC(C)(O)c1ccc(C)c(F)c1. The van der Waals surface area contributed by atoms with Gasteiger partial charge in [-0.2, -0.15) is 0 Å². The van der Waals surface area contributed by atoms with E-state index in [0.717, 1.165) is 13.1 Å². The van der Waals surface area contributed by atoms with Crippen LogP contribution in [0.2, 0.25) is 0 Å². The molecule has 2 N–H and O–H groups in total. The fourth-order valence-electron chi connectivity index (χ4n) is 1.58. The standard InChI is InChI=1S/C13H20FNO/c1-4-15-8-7-13(3,16)11-6-5-10(2)12(14)9-11/h5-6,9,15-16H,4,7-8H2,1-3H3. The number of hydrogen-bond acceptors (Lipinski definition) is 2. The minimum Gasteiger partial charge on any atom is -0.385 e. The third-order valence-corrected chi connectivity index (χ3v) is 2.83. The quantitative estimate of drug-likeness (QED) is 0.754. The number of nitrogens with one attached hydrogen (secondary N) is 1. The first kappa shape index (κ1) is 13.1. The van der Waals surface area contributed by atoms with Crippen LogP contribution in [0.25, 0.3) is 0 Å². The van der Waals surface area contributed by atoms with Gasteiger partial charge in [0.1, 0.15) is 5.82 Å². The molecule has 1 atom stereocenters. The summed E-state index contributed by atoms with van der Waals surface area (Å²) in [5.41, 5.74) is 0.260. The molecule has 0 saturated carbocycles. The highest BCUT2D eigenvalue weighted by Gasteiger charge is 2.23. The minimum atomic E-state index is -0.975. The van der Waals surface area contributed by atoms with Crippen molar-refractivity contribution in [2.75, 3.05) is 13.1 Å². The maximum atomic E-state index is 13.4. The number of halogens is 1. The molecule has 0 heterocycles. The van der Waals surface area contributed by atoms with Crippen molar-refractivity contribution in [3.05, 3.63) is 35.1 Å². The van der Waals surface area contributed by atoms with Gasteiger partial charge in [0, 0.05) is 0 Å². The Morgan fingerprint density at radius 3 is 2.69 bits per heavy atom. The second-order valence-corrected chi connectivity index (χ2v) is 4.34.